The molecule has 0 spiro atoms. The molecule has 2 aromatic rings. The fourth-order valence-electron chi connectivity index (χ4n) is 3.64. The molecule has 1 aliphatic rings. The molecule has 1 aliphatic heterocycles. The summed E-state index contributed by atoms with van der Waals surface area (Å²) in [5, 5.41) is 3.37. The fourth-order valence-corrected chi connectivity index (χ4v) is 3.77. The summed E-state index contributed by atoms with van der Waals surface area (Å²) in [5.41, 5.74) is 0.365. The molecule has 1 N–H and O–H groups in total. The molecule has 10 heteroatoms. The molecule has 3 amide bonds. The quantitative estimate of drug-likeness (QED) is 0.694. The second kappa shape index (κ2) is 9.77. The number of alkyl halides is 3. The van der Waals surface area contributed by atoms with E-state index in [9.17, 15) is 22.8 Å². The normalized spacial score (nSPS) is 17.2. The number of amides is 3. The van der Waals surface area contributed by atoms with Crippen LogP contribution in [-0.4, -0.2) is 46.4 Å². The summed E-state index contributed by atoms with van der Waals surface area (Å²) in [6.07, 6.45) is -2.19. The van der Waals surface area contributed by atoms with Gasteiger partial charge in [0.1, 0.15) is 11.7 Å². The van der Waals surface area contributed by atoms with E-state index in [1.165, 1.54) is 11.0 Å². The molecule has 0 aliphatic carbocycles. The Morgan fingerprint density at radius 3 is 2.53 bits per heavy atom. The zero-order chi connectivity index (χ0) is 23.5. The monoisotopic (exact) mass is 468 g/mol. The molecule has 0 unspecified atom stereocenters. The van der Waals surface area contributed by atoms with Crippen LogP contribution in [0.1, 0.15) is 42.6 Å². The van der Waals surface area contributed by atoms with Gasteiger partial charge in [0, 0.05) is 31.4 Å². The van der Waals surface area contributed by atoms with Gasteiger partial charge in [-0.3, -0.25) is 9.78 Å². The number of carbonyl (C=O) groups is 2. The van der Waals surface area contributed by atoms with Crippen LogP contribution in [-0.2, 0) is 17.5 Å². The van der Waals surface area contributed by atoms with Crippen LogP contribution >= 0.6 is 11.6 Å². The van der Waals surface area contributed by atoms with Crippen LogP contribution in [0.3, 0.4) is 0 Å². The molecule has 1 saturated heterocycles. The molecule has 32 heavy (non-hydrogen) atoms. The number of urea groups is 1. The van der Waals surface area contributed by atoms with E-state index in [2.05, 4.69) is 10.3 Å². The van der Waals surface area contributed by atoms with Gasteiger partial charge in [0.15, 0.2) is 0 Å². The molecule has 172 valence electrons. The van der Waals surface area contributed by atoms with Crippen molar-refractivity contribution in [2.45, 2.75) is 44.6 Å². The maximum absolute atomic E-state index is 13.0. The third-order valence-electron chi connectivity index (χ3n) is 5.42. The lowest BCUT2D eigenvalue weighted by Crippen LogP contribution is -2.50. The zero-order valence-electron chi connectivity index (χ0n) is 17.7. The molecule has 1 aromatic heterocycles. The van der Waals surface area contributed by atoms with Gasteiger partial charge in [-0.1, -0.05) is 29.8 Å². The van der Waals surface area contributed by atoms with Gasteiger partial charge >= 0.3 is 12.2 Å². The number of aromatic nitrogens is 1. The van der Waals surface area contributed by atoms with E-state index in [1.54, 1.807) is 31.0 Å². The first-order chi connectivity index (χ1) is 15.1. The van der Waals surface area contributed by atoms with Crippen molar-refractivity contribution in [2.24, 2.45) is 0 Å². The average Bonchev–Trinajstić information content (AvgIpc) is 3.24. The second-order valence-corrected chi connectivity index (χ2v) is 8.25. The van der Waals surface area contributed by atoms with Gasteiger partial charge in [-0.2, -0.15) is 13.2 Å². The fraction of sp³-hybridized carbons (Fsp3) is 0.409. The number of pyridine rings is 1. The number of nitrogens with zero attached hydrogens (tertiary/aromatic N) is 3. The van der Waals surface area contributed by atoms with Crippen molar-refractivity contribution in [3.63, 3.8) is 0 Å². The van der Waals surface area contributed by atoms with Crippen molar-refractivity contribution in [3.8, 4) is 0 Å². The molecule has 2 heterocycles. The molecule has 6 nitrogen and oxygen atoms in total. The van der Waals surface area contributed by atoms with Crippen LogP contribution < -0.4 is 5.32 Å². The first-order valence-corrected chi connectivity index (χ1v) is 10.5. The number of hydrogen-bond donors (Lipinski definition) is 1. The topological polar surface area (TPSA) is 65.5 Å². The first kappa shape index (κ1) is 23.8. The van der Waals surface area contributed by atoms with Gasteiger partial charge < -0.3 is 15.1 Å². The molecular weight excluding hydrogens is 445 g/mol. The van der Waals surface area contributed by atoms with Crippen LogP contribution in [0.4, 0.5) is 18.0 Å². The number of nitrogens with one attached hydrogen (secondary N) is 1. The van der Waals surface area contributed by atoms with Crippen molar-refractivity contribution in [1.29, 1.82) is 0 Å². The number of carbonyl (C=O) groups excluding carboxylic acids is 2. The Morgan fingerprint density at radius 1 is 1.25 bits per heavy atom. The van der Waals surface area contributed by atoms with Gasteiger partial charge in [0.25, 0.3) is 0 Å². The molecule has 0 radical (unpaired) electrons. The van der Waals surface area contributed by atoms with Gasteiger partial charge in [-0.25, -0.2) is 4.79 Å². The smallest absolute Gasteiger partial charge is 0.340 e. The summed E-state index contributed by atoms with van der Waals surface area (Å²) in [4.78, 5) is 32.3. The summed E-state index contributed by atoms with van der Waals surface area (Å²) in [7, 11) is 1.68. The molecular formula is C22H24ClF3N4O2. The highest BCUT2D eigenvalue weighted by molar-refractivity contribution is 6.30. The summed E-state index contributed by atoms with van der Waals surface area (Å²) in [6.45, 7) is 2.46. The Labute approximate surface area is 189 Å². The zero-order valence-corrected chi connectivity index (χ0v) is 18.5. The standard InChI is InChI=1S/C22H24ClF3N4O2/c1-14(16-7-10-19(27-12-16)22(24,25)26)28-21(32)30-11-3-4-18(30)20(31)29(2)13-15-5-8-17(23)9-6-15/h5-10,12,14,18H,3-4,11,13H2,1-2H3,(H,28,32)/t14-,18+/m0/s1. The molecule has 3 rings (SSSR count). The van der Waals surface area contributed by atoms with Crippen molar-refractivity contribution in [1.82, 2.24) is 20.1 Å². The highest BCUT2D eigenvalue weighted by Crippen LogP contribution is 2.28. The highest BCUT2D eigenvalue weighted by atomic mass is 35.5. The maximum Gasteiger partial charge on any atom is 0.433 e. The SMILES string of the molecule is C[C@H](NC(=O)N1CCC[C@@H]1C(=O)N(C)Cc1ccc(Cl)cc1)c1ccc(C(F)(F)F)nc1. The lowest BCUT2D eigenvalue weighted by atomic mass is 10.1. The first-order valence-electron chi connectivity index (χ1n) is 10.2. The Morgan fingerprint density at radius 2 is 1.94 bits per heavy atom. The Hall–Kier alpha value is -2.81. The number of hydrogen-bond acceptors (Lipinski definition) is 3. The minimum atomic E-state index is -4.52. The second-order valence-electron chi connectivity index (χ2n) is 7.82. The third kappa shape index (κ3) is 5.70. The van der Waals surface area contributed by atoms with E-state index in [0.717, 1.165) is 17.8 Å². The predicted octanol–water partition coefficient (Wildman–Crippen LogP) is 4.65. The van der Waals surface area contributed by atoms with E-state index >= 15 is 0 Å². The minimum Gasteiger partial charge on any atom is -0.340 e. The molecule has 0 saturated carbocycles. The molecule has 2 atom stereocenters. The van der Waals surface area contributed by atoms with Crippen LogP contribution in [0.5, 0.6) is 0 Å². The van der Waals surface area contributed by atoms with Crippen molar-refractivity contribution >= 4 is 23.5 Å². The Bertz CT molecular complexity index is 951. The number of rotatable bonds is 5. The van der Waals surface area contributed by atoms with Crippen LogP contribution in [0, 0.1) is 0 Å². The predicted molar refractivity (Wildman–Crippen MR) is 114 cm³/mol. The molecule has 1 fully saturated rings. The lowest BCUT2D eigenvalue weighted by Gasteiger charge is -2.29. The van der Waals surface area contributed by atoms with Crippen LogP contribution in [0.15, 0.2) is 42.6 Å². The largest absolute Gasteiger partial charge is 0.433 e. The van der Waals surface area contributed by atoms with E-state index in [-0.39, 0.29) is 5.91 Å². The Balaban J connectivity index is 1.61. The number of halogens is 4. The van der Waals surface area contributed by atoms with E-state index in [0.29, 0.717) is 36.5 Å². The number of likely N-dealkylation sites (N-methyl/N-ethyl adjacent to an activating group) is 1. The van der Waals surface area contributed by atoms with E-state index < -0.39 is 30.0 Å². The van der Waals surface area contributed by atoms with Crippen LogP contribution in [0.25, 0.3) is 0 Å². The van der Waals surface area contributed by atoms with Gasteiger partial charge in [-0.15, -0.1) is 0 Å². The summed E-state index contributed by atoms with van der Waals surface area (Å²) < 4.78 is 38.1. The number of likely N-dealkylation sites (tertiary alicyclic amines) is 1. The third-order valence-corrected chi connectivity index (χ3v) is 5.68. The van der Waals surface area contributed by atoms with Crippen molar-refractivity contribution in [3.05, 3.63) is 64.4 Å². The Kier molecular flexibility index (Phi) is 7.28. The lowest BCUT2D eigenvalue weighted by molar-refractivity contribution is -0.141. The molecule has 1 aromatic carbocycles. The van der Waals surface area contributed by atoms with Crippen molar-refractivity contribution < 1.29 is 22.8 Å². The van der Waals surface area contributed by atoms with Crippen molar-refractivity contribution in [2.75, 3.05) is 13.6 Å². The van der Waals surface area contributed by atoms with Gasteiger partial charge in [0.2, 0.25) is 5.91 Å². The summed E-state index contributed by atoms with van der Waals surface area (Å²) >= 11 is 5.90. The number of benzene rings is 1. The summed E-state index contributed by atoms with van der Waals surface area (Å²) in [5.74, 6) is -0.170. The average molecular weight is 469 g/mol. The van der Waals surface area contributed by atoms with Gasteiger partial charge in [-0.05, 0) is 49.1 Å². The van der Waals surface area contributed by atoms with E-state index in [4.69, 9.17) is 11.6 Å². The minimum absolute atomic E-state index is 0.170. The maximum atomic E-state index is 13.0. The van der Waals surface area contributed by atoms with Crippen LogP contribution in [0.2, 0.25) is 5.02 Å². The van der Waals surface area contributed by atoms with E-state index in [1.807, 2.05) is 12.1 Å². The molecule has 0 bridgehead atoms. The highest BCUT2D eigenvalue weighted by Gasteiger charge is 2.36. The van der Waals surface area contributed by atoms with Gasteiger partial charge in [0.05, 0.1) is 6.04 Å². The summed E-state index contributed by atoms with van der Waals surface area (Å²) in [6, 6.07) is 7.75.